The molecule has 50 heavy (non-hydrogen) atoms. The van der Waals surface area contributed by atoms with E-state index in [0.717, 1.165) is 44.8 Å². The van der Waals surface area contributed by atoms with Crippen LogP contribution in [0.1, 0.15) is 114 Å². The molecule has 0 aliphatic carbocycles. The van der Waals surface area contributed by atoms with Crippen LogP contribution in [0.15, 0.2) is 97.1 Å². The molecule has 1 fully saturated rings. The van der Waals surface area contributed by atoms with Crippen LogP contribution in [0.3, 0.4) is 0 Å². The highest BCUT2D eigenvalue weighted by molar-refractivity contribution is 6.18. The second kappa shape index (κ2) is 14.4. The molecule has 2 amide bonds. The van der Waals surface area contributed by atoms with Crippen molar-refractivity contribution in [2.24, 2.45) is 0 Å². The van der Waals surface area contributed by atoms with Crippen LogP contribution < -0.4 is 9.80 Å². The highest BCUT2D eigenvalue weighted by Crippen LogP contribution is 2.46. The first-order chi connectivity index (χ1) is 24.0. The first-order valence-corrected chi connectivity index (χ1v) is 17.6. The topological polar surface area (TPSA) is 79.3 Å². The molecule has 4 aromatic carbocycles. The predicted molar refractivity (Wildman–Crippen MR) is 202 cm³/mol. The van der Waals surface area contributed by atoms with Gasteiger partial charge in [0.25, 0.3) is 0 Å². The number of amides is 2. The predicted octanol–water partition coefficient (Wildman–Crippen LogP) is 10.0. The van der Waals surface area contributed by atoms with E-state index in [9.17, 15) is 9.59 Å². The Morgan fingerprint density at radius 3 is 1.08 bits per heavy atom. The monoisotopic (exact) mass is 664 g/mol. The van der Waals surface area contributed by atoms with Crippen LogP contribution in [0.4, 0.5) is 11.4 Å². The minimum atomic E-state index is -0.313. The molecule has 7 heteroatoms. The lowest BCUT2D eigenvalue weighted by atomic mass is 9.89. The van der Waals surface area contributed by atoms with E-state index < -0.39 is 0 Å². The number of carbonyl (C=O) groups is 2. The van der Waals surface area contributed by atoms with Gasteiger partial charge in [-0.05, 0) is 45.9 Å². The molecular formula is C43H46N5O2. The van der Waals surface area contributed by atoms with Gasteiger partial charge in [0.15, 0.2) is 17.5 Å². The maximum absolute atomic E-state index is 14.6. The van der Waals surface area contributed by atoms with E-state index in [-0.39, 0.29) is 47.7 Å². The van der Waals surface area contributed by atoms with Gasteiger partial charge in [0.05, 0.1) is 11.4 Å². The molecule has 0 unspecified atom stereocenters. The lowest BCUT2D eigenvalue weighted by Crippen LogP contribution is -2.56. The highest BCUT2D eigenvalue weighted by Gasteiger charge is 2.48. The van der Waals surface area contributed by atoms with Crippen molar-refractivity contribution in [1.82, 2.24) is 15.0 Å². The number of para-hydroxylation sites is 2. The van der Waals surface area contributed by atoms with E-state index in [1.165, 1.54) is 0 Å². The number of rotatable bonds is 9. The lowest BCUT2D eigenvalue weighted by Gasteiger charge is -2.44. The van der Waals surface area contributed by atoms with Gasteiger partial charge in [-0.1, -0.05) is 152 Å². The van der Waals surface area contributed by atoms with Gasteiger partial charge in [0.1, 0.15) is 6.42 Å². The molecule has 0 spiro atoms. The zero-order valence-electron chi connectivity index (χ0n) is 30.3. The van der Waals surface area contributed by atoms with E-state index in [2.05, 4.69) is 91.8 Å². The minimum Gasteiger partial charge on any atom is -0.276 e. The maximum atomic E-state index is 14.6. The van der Waals surface area contributed by atoms with Gasteiger partial charge in [0.2, 0.25) is 18.0 Å². The fourth-order valence-electron chi connectivity index (χ4n) is 6.73. The Balaban J connectivity index is 1.75. The maximum Gasteiger partial charge on any atom is 0.239 e. The third kappa shape index (κ3) is 6.57. The van der Waals surface area contributed by atoms with Gasteiger partial charge in [-0.2, -0.15) is 0 Å². The summed E-state index contributed by atoms with van der Waals surface area (Å²) >= 11 is 0. The van der Waals surface area contributed by atoms with E-state index >= 15 is 0 Å². The lowest BCUT2D eigenvalue weighted by molar-refractivity contribution is -0.128. The third-order valence-electron chi connectivity index (χ3n) is 9.26. The Morgan fingerprint density at radius 2 is 0.760 bits per heavy atom. The molecule has 0 atom stereocenters. The molecule has 0 saturated carbocycles. The summed E-state index contributed by atoms with van der Waals surface area (Å²) in [4.78, 5) is 48.0. The van der Waals surface area contributed by atoms with Crippen LogP contribution in [-0.4, -0.2) is 26.8 Å². The summed E-state index contributed by atoms with van der Waals surface area (Å²) in [7, 11) is 0. The molecule has 0 N–H and O–H groups in total. The minimum absolute atomic E-state index is 0.0936. The molecule has 5 aromatic rings. The van der Waals surface area contributed by atoms with Crippen LogP contribution in [0, 0.1) is 6.17 Å². The summed E-state index contributed by atoms with van der Waals surface area (Å²) in [5.41, 5.74) is 7.22. The number of aromatic nitrogens is 3. The third-order valence-corrected chi connectivity index (χ3v) is 9.26. The molecule has 7 nitrogen and oxygen atoms in total. The average molecular weight is 665 g/mol. The van der Waals surface area contributed by atoms with E-state index in [1.54, 1.807) is 9.80 Å². The van der Waals surface area contributed by atoms with Crippen LogP contribution in [0.5, 0.6) is 0 Å². The molecule has 0 bridgehead atoms. The molecule has 1 aromatic heterocycles. The Hall–Kier alpha value is -5.17. The number of hydrogen-bond acceptors (Lipinski definition) is 5. The second-order valence-electron chi connectivity index (χ2n) is 14.2. The molecule has 255 valence electrons. The van der Waals surface area contributed by atoms with Crippen molar-refractivity contribution in [3.8, 4) is 22.8 Å². The molecule has 2 heterocycles. The van der Waals surface area contributed by atoms with Gasteiger partial charge >= 0.3 is 0 Å². The number of hydrogen-bond donors (Lipinski definition) is 0. The van der Waals surface area contributed by atoms with Gasteiger partial charge in [-0.3, -0.25) is 19.4 Å². The van der Waals surface area contributed by atoms with Gasteiger partial charge < -0.3 is 0 Å². The van der Waals surface area contributed by atoms with Crippen molar-refractivity contribution >= 4 is 23.2 Å². The van der Waals surface area contributed by atoms with Gasteiger partial charge in [-0.25, -0.2) is 15.0 Å². The zero-order valence-corrected chi connectivity index (χ0v) is 30.3. The number of nitrogens with zero attached hydrogens (tertiary/aromatic N) is 5. The Bertz CT molecular complexity index is 1810. The van der Waals surface area contributed by atoms with Crippen molar-refractivity contribution in [1.29, 1.82) is 0 Å². The summed E-state index contributed by atoms with van der Waals surface area (Å²) in [6.45, 7) is 17.1. The summed E-state index contributed by atoms with van der Waals surface area (Å²) in [6.07, 6.45) is 0.0348. The number of carbonyl (C=O) groups excluding carboxylic acids is 2. The molecule has 6 rings (SSSR count). The summed E-state index contributed by atoms with van der Waals surface area (Å²) in [6, 6.07) is 32.0. The first-order valence-electron chi connectivity index (χ1n) is 17.6. The first kappa shape index (κ1) is 34.7. The normalized spacial score (nSPS) is 14.2. The highest BCUT2D eigenvalue weighted by atomic mass is 16.2. The van der Waals surface area contributed by atoms with E-state index in [4.69, 9.17) is 15.0 Å². The van der Waals surface area contributed by atoms with Crippen molar-refractivity contribution in [2.75, 3.05) is 9.80 Å². The van der Waals surface area contributed by atoms with Crippen molar-refractivity contribution in [3.05, 3.63) is 131 Å². The van der Waals surface area contributed by atoms with Gasteiger partial charge in [-0.15, -0.1) is 0 Å². The van der Waals surface area contributed by atoms with Crippen molar-refractivity contribution in [3.63, 3.8) is 0 Å². The summed E-state index contributed by atoms with van der Waals surface area (Å²) in [5, 5.41) is 0. The molecule has 1 saturated heterocycles. The fourth-order valence-corrected chi connectivity index (χ4v) is 6.73. The quantitative estimate of drug-likeness (QED) is 0.147. The zero-order chi connectivity index (χ0) is 35.7. The van der Waals surface area contributed by atoms with Crippen LogP contribution in [-0.2, 0) is 9.59 Å². The summed E-state index contributed by atoms with van der Waals surface area (Å²) in [5.74, 6) is 0.907. The van der Waals surface area contributed by atoms with E-state index in [1.807, 2.05) is 60.7 Å². The smallest absolute Gasteiger partial charge is 0.239 e. The van der Waals surface area contributed by atoms with Crippen molar-refractivity contribution < 1.29 is 9.59 Å². The molecule has 1 aliphatic heterocycles. The Morgan fingerprint density at radius 1 is 0.440 bits per heavy atom. The van der Waals surface area contributed by atoms with Gasteiger partial charge in [0, 0.05) is 11.1 Å². The number of benzene rings is 4. The van der Waals surface area contributed by atoms with Crippen molar-refractivity contribution in [2.45, 2.75) is 85.5 Å². The summed E-state index contributed by atoms with van der Waals surface area (Å²) < 4.78 is 0. The van der Waals surface area contributed by atoms with Crippen LogP contribution >= 0.6 is 0 Å². The SMILES string of the molecule is CC(C)c1cccc(C(C)C)c1N1[C](c2nc(-c3ccccc3)nc(-c3ccccc3)n2)N(c2c(C(C)C)cccc2C(C)C)C(=O)CC1=O. The largest absolute Gasteiger partial charge is 0.276 e. The number of anilines is 2. The molecule has 1 radical (unpaired) electrons. The molecular weight excluding hydrogens is 619 g/mol. The van der Waals surface area contributed by atoms with Crippen LogP contribution in [0.2, 0.25) is 0 Å². The fraction of sp³-hybridized carbons (Fsp3) is 0.302. The standard InChI is InChI=1S/C43H46N5O2/c1-26(2)32-21-15-22-33(27(3)4)38(32)47-36(49)25-37(50)48(39-34(28(5)6)23-16-24-35(39)29(7)8)43(47)42-45-40(30-17-11-9-12-18-30)44-41(46-42)31-19-13-10-14-20-31/h9-24,26-29H,25H2,1-8H3. The Labute approximate surface area is 296 Å². The van der Waals surface area contributed by atoms with Crippen LogP contribution in [0.25, 0.3) is 22.8 Å². The molecule has 1 aliphatic rings. The Kier molecular flexibility index (Phi) is 9.96. The second-order valence-corrected chi connectivity index (χ2v) is 14.2. The average Bonchev–Trinajstić information content (AvgIpc) is 3.11. The van der Waals surface area contributed by atoms with E-state index in [0.29, 0.717) is 17.8 Å².